The van der Waals surface area contributed by atoms with Crippen molar-refractivity contribution in [3.05, 3.63) is 68.2 Å². The molecule has 0 aliphatic carbocycles. The molecular weight excluding hydrogens is 491 g/mol. The summed E-state index contributed by atoms with van der Waals surface area (Å²) < 4.78 is 26.7. The van der Waals surface area contributed by atoms with Crippen molar-refractivity contribution in [3.8, 4) is 17.2 Å². The fraction of sp³-hybridized carbons (Fsp3) is 0.300. The number of nitrogens with zero attached hydrogens (tertiary/aromatic N) is 4. The first-order valence-electron chi connectivity index (χ1n) is 9.30. The van der Waals surface area contributed by atoms with Crippen LogP contribution in [0, 0.1) is 22.9 Å². The van der Waals surface area contributed by atoms with Gasteiger partial charge in [-0.2, -0.15) is 0 Å². The summed E-state index contributed by atoms with van der Waals surface area (Å²) in [5, 5.41) is 19.6. The zero-order valence-corrected chi connectivity index (χ0v) is 19.4. The molecule has 2 aromatic carbocycles. The predicted octanol–water partition coefficient (Wildman–Crippen LogP) is 4.99. The molecule has 0 aliphatic rings. The molecule has 0 unspecified atom stereocenters. The predicted molar refractivity (Wildman–Crippen MR) is 118 cm³/mol. The number of rotatable bonds is 9. The molecule has 1 atom stereocenters. The van der Waals surface area contributed by atoms with E-state index < -0.39 is 5.25 Å². The van der Waals surface area contributed by atoms with Gasteiger partial charge < -0.3 is 9.47 Å². The van der Waals surface area contributed by atoms with E-state index >= 15 is 0 Å². The smallest absolute Gasteiger partial charge is 0.220 e. The van der Waals surface area contributed by atoms with E-state index in [1.165, 1.54) is 31.0 Å². The molecule has 3 rings (SSSR count). The van der Waals surface area contributed by atoms with Crippen molar-refractivity contribution in [2.45, 2.75) is 24.3 Å². The van der Waals surface area contributed by atoms with E-state index in [0.29, 0.717) is 44.8 Å². The van der Waals surface area contributed by atoms with Gasteiger partial charge in [-0.1, -0.05) is 27.7 Å². The number of aryl methyl sites for hydroxylation is 1. The maximum atomic E-state index is 13.4. The molecule has 1 heterocycles. The van der Waals surface area contributed by atoms with Crippen LogP contribution in [-0.2, 0) is 0 Å². The molecule has 0 saturated heterocycles. The van der Waals surface area contributed by atoms with Crippen molar-refractivity contribution in [2.24, 2.45) is 0 Å². The molecule has 0 aliphatic heterocycles. The molecule has 0 radical (unpaired) electrons. The molecule has 0 saturated carbocycles. The van der Waals surface area contributed by atoms with E-state index in [-0.39, 0.29) is 17.3 Å². The van der Waals surface area contributed by atoms with Crippen LogP contribution >= 0.6 is 27.7 Å². The van der Waals surface area contributed by atoms with Gasteiger partial charge >= 0.3 is 0 Å². The Hall–Kier alpha value is -2.66. The number of thioether (sulfide) groups is 1. The second-order valence-electron chi connectivity index (χ2n) is 6.42. The van der Waals surface area contributed by atoms with Gasteiger partial charge in [0.15, 0.2) is 16.7 Å². The molecule has 164 valence electrons. The minimum Gasteiger partial charge on any atom is -0.493 e. The van der Waals surface area contributed by atoms with Crippen LogP contribution in [0.4, 0.5) is 4.39 Å². The molecular formula is C20H20BrFN4O4S. The molecule has 1 aromatic heterocycles. The zero-order chi connectivity index (χ0) is 22.5. The highest BCUT2D eigenvalue weighted by Crippen LogP contribution is 2.43. The average molecular weight is 511 g/mol. The van der Waals surface area contributed by atoms with Gasteiger partial charge in [0.05, 0.1) is 13.7 Å². The van der Waals surface area contributed by atoms with Crippen LogP contribution in [-0.4, -0.2) is 39.9 Å². The van der Waals surface area contributed by atoms with E-state index in [1.807, 2.05) is 6.92 Å². The van der Waals surface area contributed by atoms with Gasteiger partial charge in [-0.3, -0.25) is 14.7 Å². The SMILES string of the molecule is CCOc1cc(Br)c([C@H](C[N+](=O)[O-])Sc2nnc(C)n2-c2ccc(F)cc2)cc1OC. The lowest BCUT2D eigenvalue weighted by Gasteiger charge is -2.18. The molecule has 0 fully saturated rings. The summed E-state index contributed by atoms with van der Waals surface area (Å²) in [6, 6.07) is 9.35. The third kappa shape index (κ3) is 5.34. The first-order valence-corrected chi connectivity index (χ1v) is 11.0. The molecule has 0 bridgehead atoms. The topological polar surface area (TPSA) is 92.3 Å². The number of ether oxygens (including phenoxy) is 2. The summed E-state index contributed by atoms with van der Waals surface area (Å²) in [5.41, 5.74) is 1.32. The van der Waals surface area contributed by atoms with Crippen LogP contribution < -0.4 is 9.47 Å². The Morgan fingerprint density at radius 3 is 2.58 bits per heavy atom. The minimum atomic E-state index is -0.600. The van der Waals surface area contributed by atoms with Crippen molar-refractivity contribution < 1.29 is 18.8 Å². The van der Waals surface area contributed by atoms with E-state index in [9.17, 15) is 14.5 Å². The summed E-state index contributed by atoms with van der Waals surface area (Å²) in [7, 11) is 1.51. The fourth-order valence-corrected chi connectivity index (χ4v) is 4.95. The summed E-state index contributed by atoms with van der Waals surface area (Å²) in [6.45, 7) is 3.72. The largest absolute Gasteiger partial charge is 0.493 e. The van der Waals surface area contributed by atoms with Gasteiger partial charge in [-0.05, 0) is 55.8 Å². The van der Waals surface area contributed by atoms with E-state index in [1.54, 1.807) is 35.8 Å². The van der Waals surface area contributed by atoms with Crippen molar-refractivity contribution in [1.29, 1.82) is 0 Å². The second-order valence-corrected chi connectivity index (χ2v) is 8.45. The van der Waals surface area contributed by atoms with E-state index in [4.69, 9.17) is 9.47 Å². The third-order valence-electron chi connectivity index (χ3n) is 4.37. The number of methoxy groups -OCH3 is 1. The van der Waals surface area contributed by atoms with Crippen molar-refractivity contribution in [2.75, 3.05) is 20.3 Å². The number of halogens is 2. The molecule has 0 spiro atoms. The number of nitro groups is 1. The second kappa shape index (κ2) is 10.1. The van der Waals surface area contributed by atoms with Crippen molar-refractivity contribution >= 4 is 27.7 Å². The van der Waals surface area contributed by atoms with Crippen molar-refractivity contribution in [1.82, 2.24) is 14.8 Å². The monoisotopic (exact) mass is 510 g/mol. The van der Waals surface area contributed by atoms with Crippen LogP contribution in [0.5, 0.6) is 11.5 Å². The summed E-state index contributed by atoms with van der Waals surface area (Å²) >= 11 is 4.70. The Labute approximate surface area is 191 Å². The van der Waals surface area contributed by atoms with Gasteiger partial charge in [0.1, 0.15) is 16.9 Å². The number of benzene rings is 2. The first kappa shape index (κ1) is 23.0. The zero-order valence-electron chi connectivity index (χ0n) is 17.0. The van der Waals surface area contributed by atoms with Crippen molar-refractivity contribution in [3.63, 3.8) is 0 Å². The number of hydrogen-bond donors (Lipinski definition) is 0. The van der Waals surface area contributed by atoms with E-state index in [2.05, 4.69) is 26.1 Å². The van der Waals surface area contributed by atoms with Crippen LogP contribution in [0.1, 0.15) is 23.6 Å². The Bertz CT molecular complexity index is 1080. The maximum Gasteiger partial charge on any atom is 0.220 e. The lowest BCUT2D eigenvalue weighted by atomic mass is 10.1. The lowest BCUT2D eigenvalue weighted by molar-refractivity contribution is -0.479. The summed E-state index contributed by atoms with van der Waals surface area (Å²) in [4.78, 5) is 11.1. The highest BCUT2D eigenvalue weighted by molar-refractivity contribution is 9.10. The Morgan fingerprint density at radius 2 is 1.97 bits per heavy atom. The third-order valence-corrected chi connectivity index (χ3v) is 6.22. The van der Waals surface area contributed by atoms with Crippen LogP contribution in [0.15, 0.2) is 46.0 Å². The highest BCUT2D eigenvalue weighted by atomic mass is 79.9. The minimum absolute atomic E-state index is 0.351. The lowest BCUT2D eigenvalue weighted by Crippen LogP contribution is -2.12. The van der Waals surface area contributed by atoms with Gasteiger partial charge in [-0.25, -0.2) is 4.39 Å². The first-order chi connectivity index (χ1) is 14.8. The molecule has 0 amide bonds. The number of hydrogen-bond acceptors (Lipinski definition) is 7. The Kier molecular flexibility index (Phi) is 7.50. The average Bonchev–Trinajstić information content (AvgIpc) is 3.08. The summed E-state index contributed by atoms with van der Waals surface area (Å²) in [5.74, 6) is 1.23. The highest BCUT2D eigenvalue weighted by Gasteiger charge is 2.27. The molecule has 11 heteroatoms. The standard InChI is InChI=1S/C20H20BrFN4O4S/c1-4-30-18-10-16(21)15(9-17(18)29-3)19(11-25(27)28)31-20-24-23-12(2)26(20)14-7-5-13(22)6-8-14/h5-10,19H,4,11H2,1-3H3/t19-/m0/s1. The Balaban J connectivity index is 2.03. The van der Waals surface area contributed by atoms with Crippen LogP contribution in [0.3, 0.4) is 0 Å². The van der Waals surface area contributed by atoms with Gasteiger partial charge in [0.25, 0.3) is 0 Å². The number of aromatic nitrogens is 3. The van der Waals surface area contributed by atoms with Gasteiger partial charge in [0, 0.05) is 15.1 Å². The van der Waals surface area contributed by atoms with Gasteiger partial charge in [0.2, 0.25) is 6.54 Å². The van der Waals surface area contributed by atoms with Crippen LogP contribution in [0.25, 0.3) is 5.69 Å². The Morgan fingerprint density at radius 1 is 1.26 bits per heavy atom. The molecule has 3 aromatic rings. The van der Waals surface area contributed by atoms with E-state index in [0.717, 1.165) is 0 Å². The fourth-order valence-electron chi connectivity index (χ4n) is 2.99. The molecule has 0 N–H and O–H groups in total. The van der Waals surface area contributed by atoms with Gasteiger partial charge in [-0.15, -0.1) is 10.2 Å². The van der Waals surface area contributed by atoms with Crippen LogP contribution in [0.2, 0.25) is 0 Å². The maximum absolute atomic E-state index is 13.4. The molecule has 8 nitrogen and oxygen atoms in total. The normalized spacial score (nSPS) is 11.9. The summed E-state index contributed by atoms with van der Waals surface area (Å²) in [6.07, 6.45) is 0. The molecule has 31 heavy (non-hydrogen) atoms. The quantitative estimate of drug-likeness (QED) is 0.227.